The number of aromatic nitrogens is 1. The Balaban J connectivity index is 1.75. The summed E-state index contributed by atoms with van der Waals surface area (Å²) in [6.07, 6.45) is 6.24. The van der Waals surface area contributed by atoms with Crippen molar-refractivity contribution in [1.82, 2.24) is 10.5 Å². The molecule has 0 atom stereocenters. The predicted octanol–water partition coefficient (Wildman–Crippen LogP) is 6.52. The molecule has 0 fully saturated rings. The molecule has 4 heteroatoms. The van der Waals surface area contributed by atoms with Crippen molar-refractivity contribution >= 4 is 11.5 Å². The van der Waals surface area contributed by atoms with Crippen molar-refractivity contribution in [2.24, 2.45) is 0 Å². The van der Waals surface area contributed by atoms with Crippen molar-refractivity contribution in [2.75, 3.05) is 6.54 Å². The zero-order valence-corrected chi connectivity index (χ0v) is 19.0. The molecule has 0 aliphatic rings. The Hall–Kier alpha value is -3.14. The molecule has 3 aromatic rings. The van der Waals surface area contributed by atoms with Gasteiger partial charge in [0.2, 0.25) is 0 Å². The van der Waals surface area contributed by atoms with Crippen molar-refractivity contribution in [3.8, 4) is 11.3 Å². The van der Waals surface area contributed by atoms with E-state index in [1.54, 1.807) is 6.92 Å². The molecule has 0 aliphatic carbocycles. The zero-order chi connectivity index (χ0) is 22.2. The molecule has 0 radical (unpaired) electrons. The molecule has 1 heterocycles. The van der Waals surface area contributed by atoms with E-state index >= 15 is 0 Å². The van der Waals surface area contributed by atoms with E-state index in [1.165, 1.54) is 22.3 Å². The number of aryl methyl sites for hydroxylation is 3. The van der Waals surface area contributed by atoms with E-state index in [0.717, 1.165) is 31.2 Å². The van der Waals surface area contributed by atoms with Gasteiger partial charge in [-0.05, 0) is 55.4 Å². The number of nitrogens with one attached hydrogen (secondary N) is 1. The smallest absolute Gasteiger partial charge is 0.257 e. The second kappa shape index (κ2) is 10.8. The quantitative estimate of drug-likeness (QED) is 0.432. The van der Waals surface area contributed by atoms with Gasteiger partial charge < -0.3 is 9.84 Å². The Morgan fingerprint density at radius 2 is 1.87 bits per heavy atom. The highest BCUT2D eigenvalue weighted by molar-refractivity contribution is 6.00. The van der Waals surface area contributed by atoms with Gasteiger partial charge in [0.25, 0.3) is 5.91 Å². The molecule has 3 rings (SSSR count). The fourth-order valence-electron chi connectivity index (χ4n) is 3.72. The summed E-state index contributed by atoms with van der Waals surface area (Å²) >= 11 is 0. The SMILES string of the molecule is CCCC=C(CCNC(=O)c1c(C)noc1-c1ccccc1)c1cc(CC)ccc1C. The first-order valence-corrected chi connectivity index (χ1v) is 11.1. The van der Waals surface area contributed by atoms with Gasteiger partial charge in [0.1, 0.15) is 5.56 Å². The third-order valence-electron chi connectivity index (χ3n) is 5.54. The lowest BCUT2D eigenvalue weighted by atomic mass is 9.94. The molecule has 0 aliphatic heterocycles. The van der Waals surface area contributed by atoms with Crippen molar-refractivity contribution in [2.45, 2.75) is 53.4 Å². The van der Waals surface area contributed by atoms with Crippen LogP contribution < -0.4 is 5.32 Å². The number of allylic oxidation sites excluding steroid dienone is 1. The minimum Gasteiger partial charge on any atom is -0.355 e. The molecule has 0 bridgehead atoms. The Morgan fingerprint density at radius 3 is 2.58 bits per heavy atom. The predicted molar refractivity (Wildman–Crippen MR) is 127 cm³/mol. The summed E-state index contributed by atoms with van der Waals surface area (Å²) in [7, 11) is 0. The van der Waals surface area contributed by atoms with Crippen LogP contribution in [0.5, 0.6) is 0 Å². The van der Waals surface area contributed by atoms with Gasteiger partial charge in [-0.1, -0.05) is 80.0 Å². The summed E-state index contributed by atoms with van der Waals surface area (Å²) < 4.78 is 5.47. The lowest BCUT2D eigenvalue weighted by Crippen LogP contribution is -2.25. The minimum absolute atomic E-state index is 0.147. The van der Waals surface area contributed by atoms with Crippen LogP contribution >= 0.6 is 0 Å². The third kappa shape index (κ3) is 5.52. The number of carbonyl (C=O) groups is 1. The number of benzene rings is 2. The molecule has 0 spiro atoms. The van der Waals surface area contributed by atoms with Gasteiger partial charge in [-0.3, -0.25) is 4.79 Å². The van der Waals surface area contributed by atoms with Crippen LogP contribution in [-0.2, 0) is 6.42 Å². The van der Waals surface area contributed by atoms with Gasteiger partial charge in [0.05, 0.1) is 5.69 Å². The highest BCUT2D eigenvalue weighted by atomic mass is 16.5. The number of hydrogen-bond donors (Lipinski definition) is 1. The molecule has 1 N–H and O–H groups in total. The Bertz CT molecular complexity index is 1050. The summed E-state index contributed by atoms with van der Waals surface area (Å²) in [6.45, 7) is 8.88. The van der Waals surface area contributed by atoms with Gasteiger partial charge in [-0.15, -0.1) is 0 Å². The number of carbonyl (C=O) groups excluding carboxylic acids is 1. The fourth-order valence-corrected chi connectivity index (χ4v) is 3.72. The third-order valence-corrected chi connectivity index (χ3v) is 5.54. The van der Waals surface area contributed by atoms with Gasteiger partial charge >= 0.3 is 0 Å². The maximum Gasteiger partial charge on any atom is 0.257 e. The van der Waals surface area contributed by atoms with E-state index in [0.29, 0.717) is 23.6 Å². The molecule has 2 aromatic carbocycles. The normalized spacial score (nSPS) is 11.5. The van der Waals surface area contributed by atoms with E-state index in [2.05, 4.69) is 55.5 Å². The molecule has 0 saturated carbocycles. The zero-order valence-electron chi connectivity index (χ0n) is 19.0. The van der Waals surface area contributed by atoms with Crippen LogP contribution in [0, 0.1) is 13.8 Å². The average molecular weight is 417 g/mol. The molecular weight excluding hydrogens is 384 g/mol. The molecule has 0 saturated heterocycles. The lowest BCUT2D eigenvalue weighted by Gasteiger charge is -2.14. The monoisotopic (exact) mass is 416 g/mol. The van der Waals surface area contributed by atoms with Gasteiger partial charge in [0.15, 0.2) is 5.76 Å². The van der Waals surface area contributed by atoms with Crippen molar-refractivity contribution in [1.29, 1.82) is 0 Å². The molecule has 31 heavy (non-hydrogen) atoms. The summed E-state index contributed by atoms with van der Waals surface area (Å²) in [4.78, 5) is 13.0. The summed E-state index contributed by atoms with van der Waals surface area (Å²) in [5, 5.41) is 7.11. The fraction of sp³-hybridized carbons (Fsp3) is 0.333. The van der Waals surface area contributed by atoms with Crippen LogP contribution in [0.1, 0.15) is 65.9 Å². The van der Waals surface area contributed by atoms with E-state index in [9.17, 15) is 4.79 Å². The second-order valence-corrected chi connectivity index (χ2v) is 7.86. The van der Waals surface area contributed by atoms with Crippen LogP contribution in [0.2, 0.25) is 0 Å². The average Bonchev–Trinajstić information content (AvgIpc) is 3.18. The lowest BCUT2D eigenvalue weighted by molar-refractivity contribution is 0.0954. The Kier molecular flexibility index (Phi) is 7.82. The first kappa shape index (κ1) is 22.5. The molecule has 162 valence electrons. The van der Waals surface area contributed by atoms with Gasteiger partial charge in [-0.25, -0.2) is 0 Å². The number of hydrogen-bond acceptors (Lipinski definition) is 3. The summed E-state index contributed by atoms with van der Waals surface area (Å²) in [5.41, 5.74) is 7.14. The van der Waals surface area contributed by atoms with Crippen molar-refractivity contribution in [3.63, 3.8) is 0 Å². The Labute approximate surface area is 185 Å². The van der Waals surface area contributed by atoms with Crippen LogP contribution in [0.15, 0.2) is 59.1 Å². The molecule has 1 amide bonds. The maximum atomic E-state index is 13.0. The maximum absolute atomic E-state index is 13.0. The second-order valence-electron chi connectivity index (χ2n) is 7.86. The highest BCUT2D eigenvalue weighted by Gasteiger charge is 2.21. The van der Waals surface area contributed by atoms with E-state index in [4.69, 9.17) is 4.52 Å². The molecular formula is C27H32N2O2. The van der Waals surface area contributed by atoms with Crippen molar-refractivity contribution in [3.05, 3.63) is 82.6 Å². The summed E-state index contributed by atoms with van der Waals surface area (Å²) in [6, 6.07) is 16.3. The number of amides is 1. The largest absolute Gasteiger partial charge is 0.355 e. The van der Waals surface area contributed by atoms with Gasteiger partial charge in [-0.2, -0.15) is 0 Å². The number of rotatable bonds is 9. The summed E-state index contributed by atoms with van der Waals surface area (Å²) in [5.74, 6) is 0.371. The van der Waals surface area contributed by atoms with Crippen LogP contribution in [0.25, 0.3) is 16.9 Å². The molecule has 0 unspecified atom stereocenters. The van der Waals surface area contributed by atoms with E-state index < -0.39 is 0 Å². The standard InChI is InChI=1S/C27H32N2O2/c1-5-7-11-22(24-18-21(6-2)15-14-19(24)3)16-17-28-27(30)25-20(4)29-31-26(25)23-12-9-8-10-13-23/h8-15,18H,5-7,16-17H2,1-4H3,(H,28,30). The Morgan fingerprint density at radius 1 is 1.10 bits per heavy atom. The highest BCUT2D eigenvalue weighted by Crippen LogP contribution is 2.27. The van der Waals surface area contributed by atoms with Crippen LogP contribution in [0.4, 0.5) is 0 Å². The van der Waals surface area contributed by atoms with Crippen LogP contribution in [-0.4, -0.2) is 17.6 Å². The van der Waals surface area contributed by atoms with E-state index in [1.807, 2.05) is 30.3 Å². The van der Waals surface area contributed by atoms with Crippen LogP contribution in [0.3, 0.4) is 0 Å². The van der Waals surface area contributed by atoms with E-state index in [-0.39, 0.29) is 5.91 Å². The first-order chi connectivity index (χ1) is 15.0. The molecule has 4 nitrogen and oxygen atoms in total. The van der Waals surface area contributed by atoms with Crippen molar-refractivity contribution < 1.29 is 9.32 Å². The topological polar surface area (TPSA) is 55.1 Å². The van der Waals surface area contributed by atoms with Gasteiger partial charge in [0, 0.05) is 12.1 Å². The minimum atomic E-state index is -0.147. The molecule has 1 aromatic heterocycles. The first-order valence-electron chi connectivity index (χ1n) is 11.1. The number of nitrogens with zero attached hydrogens (tertiary/aromatic N) is 1. The number of unbranched alkanes of at least 4 members (excludes halogenated alkanes) is 1.